The second-order valence-corrected chi connectivity index (χ2v) is 5.98. The van der Waals surface area contributed by atoms with Gasteiger partial charge in [-0.3, -0.25) is 0 Å². The Labute approximate surface area is 159 Å². The molecule has 0 spiro atoms. The van der Waals surface area contributed by atoms with E-state index < -0.39 is 11.6 Å². The Hall–Kier alpha value is -3.68. The molecule has 2 aromatic heterocycles. The van der Waals surface area contributed by atoms with E-state index in [0.29, 0.717) is 39.4 Å². The molecule has 8 heteroatoms. The van der Waals surface area contributed by atoms with Crippen LogP contribution in [0.4, 0.5) is 14.6 Å². The highest BCUT2D eigenvalue weighted by molar-refractivity contribution is 5.97. The first-order valence-electron chi connectivity index (χ1n) is 8.40. The van der Waals surface area contributed by atoms with Crippen LogP contribution in [0.2, 0.25) is 0 Å². The molecule has 0 fully saturated rings. The minimum Gasteiger partial charge on any atom is -0.494 e. The fraction of sp³-hybridized carbons (Fsp3) is 0.100. The molecule has 0 saturated carbocycles. The first-order valence-corrected chi connectivity index (χ1v) is 8.40. The maximum absolute atomic E-state index is 14.3. The lowest BCUT2D eigenvalue weighted by Crippen LogP contribution is -2.01. The van der Waals surface area contributed by atoms with Crippen molar-refractivity contribution < 1.29 is 13.5 Å². The van der Waals surface area contributed by atoms with Gasteiger partial charge in [-0.15, -0.1) is 0 Å². The molecule has 0 aliphatic heterocycles. The third-order valence-electron chi connectivity index (χ3n) is 4.30. The van der Waals surface area contributed by atoms with Gasteiger partial charge < -0.3 is 10.1 Å². The van der Waals surface area contributed by atoms with Gasteiger partial charge in [0.15, 0.2) is 5.82 Å². The average molecular weight is 379 g/mol. The van der Waals surface area contributed by atoms with E-state index in [1.165, 1.54) is 7.11 Å². The van der Waals surface area contributed by atoms with Gasteiger partial charge in [0.25, 0.3) is 0 Å². The van der Waals surface area contributed by atoms with Gasteiger partial charge in [0.05, 0.1) is 19.5 Å². The van der Waals surface area contributed by atoms with E-state index >= 15 is 0 Å². The van der Waals surface area contributed by atoms with Crippen LogP contribution < -0.4 is 10.1 Å². The minimum atomic E-state index is -0.533. The molecule has 0 radical (unpaired) electrons. The van der Waals surface area contributed by atoms with Gasteiger partial charge >= 0.3 is 0 Å². The van der Waals surface area contributed by atoms with E-state index in [1.807, 2.05) is 0 Å². The average Bonchev–Trinajstić information content (AvgIpc) is 2.74. The van der Waals surface area contributed by atoms with Gasteiger partial charge in [-0.05, 0) is 42.0 Å². The Kier molecular flexibility index (Phi) is 4.52. The molecular formula is C20H15F2N5O. The second kappa shape index (κ2) is 7.15. The second-order valence-electron chi connectivity index (χ2n) is 5.98. The van der Waals surface area contributed by atoms with Crippen molar-refractivity contribution in [3.05, 3.63) is 60.4 Å². The van der Waals surface area contributed by atoms with Crippen LogP contribution in [0.3, 0.4) is 0 Å². The first-order chi connectivity index (χ1) is 13.6. The van der Waals surface area contributed by atoms with Gasteiger partial charge in [0, 0.05) is 23.6 Å². The Morgan fingerprint density at radius 3 is 2.54 bits per heavy atom. The Morgan fingerprint density at radius 2 is 1.82 bits per heavy atom. The van der Waals surface area contributed by atoms with Crippen molar-refractivity contribution in [2.75, 3.05) is 19.5 Å². The third kappa shape index (κ3) is 3.09. The van der Waals surface area contributed by atoms with Gasteiger partial charge in [0.1, 0.15) is 28.7 Å². The highest BCUT2D eigenvalue weighted by Gasteiger charge is 2.16. The predicted molar refractivity (Wildman–Crippen MR) is 102 cm³/mol. The summed E-state index contributed by atoms with van der Waals surface area (Å²) in [6.45, 7) is 0. The molecule has 4 rings (SSSR count). The maximum Gasteiger partial charge on any atom is 0.163 e. The molecule has 4 aromatic rings. The quantitative estimate of drug-likeness (QED) is 0.576. The van der Waals surface area contributed by atoms with Crippen LogP contribution in [0.25, 0.3) is 33.4 Å². The largest absolute Gasteiger partial charge is 0.494 e. The number of nitrogens with zero attached hydrogens (tertiary/aromatic N) is 4. The number of ether oxygens (including phenoxy) is 1. The summed E-state index contributed by atoms with van der Waals surface area (Å²) in [4.78, 5) is 9.11. The Morgan fingerprint density at radius 1 is 0.964 bits per heavy atom. The monoisotopic (exact) mass is 379 g/mol. The topological polar surface area (TPSA) is 72.8 Å². The highest BCUT2D eigenvalue weighted by atomic mass is 19.1. The summed E-state index contributed by atoms with van der Waals surface area (Å²) in [7, 11) is 3.22. The first kappa shape index (κ1) is 17.7. The van der Waals surface area contributed by atoms with Gasteiger partial charge in [-0.2, -0.15) is 10.2 Å². The van der Waals surface area contributed by atoms with Gasteiger partial charge in [-0.1, -0.05) is 0 Å². The number of benzene rings is 2. The molecule has 140 valence electrons. The lowest BCUT2D eigenvalue weighted by atomic mass is 10.0. The third-order valence-corrected chi connectivity index (χ3v) is 4.30. The molecule has 2 heterocycles. The number of methoxy groups -OCH3 is 1. The van der Waals surface area contributed by atoms with E-state index in [0.717, 1.165) is 18.2 Å². The normalized spacial score (nSPS) is 10.9. The fourth-order valence-electron chi connectivity index (χ4n) is 2.97. The number of aromatic nitrogens is 4. The molecule has 2 aromatic carbocycles. The van der Waals surface area contributed by atoms with Crippen LogP contribution >= 0.6 is 0 Å². The zero-order chi connectivity index (χ0) is 19.7. The van der Waals surface area contributed by atoms with Crippen LogP contribution in [-0.4, -0.2) is 34.3 Å². The molecule has 1 N–H and O–H groups in total. The van der Waals surface area contributed by atoms with Crippen molar-refractivity contribution in [1.82, 2.24) is 20.2 Å². The van der Waals surface area contributed by atoms with Crippen LogP contribution in [0, 0.1) is 11.6 Å². The fourth-order valence-corrected chi connectivity index (χ4v) is 2.97. The SMILES string of the molecule is CNc1nc(-c2ccnnc2)nc2c(OC)cc(-c3cc(F)ccc3F)cc12. The van der Waals surface area contributed by atoms with Crippen LogP contribution in [0.15, 0.2) is 48.8 Å². The summed E-state index contributed by atoms with van der Waals surface area (Å²) < 4.78 is 33.4. The number of fused-ring (bicyclic) bond motifs is 1. The van der Waals surface area contributed by atoms with Crippen molar-refractivity contribution in [1.29, 1.82) is 0 Å². The van der Waals surface area contributed by atoms with Gasteiger partial charge in [0.2, 0.25) is 0 Å². The molecule has 0 aliphatic carbocycles. The number of rotatable bonds is 4. The van der Waals surface area contributed by atoms with Crippen LogP contribution in [-0.2, 0) is 0 Å². The standard InChI is InChI=1S/C20H15F2N5O/c1-23-20-15-7-12(14-9-13(21)3-4-16(14)22)8-17(28-2)18(15)26-19(27-20)11-5-6-24-25-10-11/h3-10H,1-2H3,(H,23,26,27). The summed E-state index contributed by atoms with van der Waals surface area (Å²) in [6.07, 6.45) is 3.11. The Bertz CT molecular complexity index is 1170. The molecule has 0 unspecified atom stereocenters. The molecule has 0 atom stereocenters. The van der Waals surface area contributed by atoms with E-state index in [-0.39, 0.29) is 5.56 Å². The van der Waals surface area contributed by atoms with E-state index in [9.17, 15) is 8.78 Å². The lowest BCUT2D eigenvalue weighted by Gasteiger charge is -2.13. The summed E-state index contributed by atoms with van der Waals surface area (Å²) in [5, 5.41) is 11.3. The number of anilines is 1. The zero-order valence-corrected chi connectivity index (χ0v) is 15.1. The molecule has 0 aliphatic rings. The predicted octanol–water partition coefficient (Wildman–Crippen LogP) is 4.08. The summed E-state index contributed by atoms with van der Waals surface area (Å²) >= 11 is 0. The van der Waals surface area contributed by atoms with E-state index in [4.69, 9.17) is 4.74 Å². The highest BCUT2D eigenvalue weighted by Crippen LogP contribution is 2.36. The number of halogens is 2. The molecule has 28 heavy (non-hydrogen) atoms. The molecule has 0 saturated heterocycles. The van der Waals surface area contributed by atoms with Gasteiger partial charge in [-0.25, -0.2) is 18.7 Å². The summed E-state index contributed by atoms with van der Waals surface area (Å²) in [5.41, 5.74) is 1.81. The number of hydrogen-bond acceptors (Lipinski definition) is 6. The molecule has 6 nitrogen and oxygen atoms in total. The molecule has 0 bridgehead atoms. The van der Waals surface area contributed by atoms with Crippen molar-refractivity contribution in [2.45, 2.75) is 0 Å². The van der Waals surface area contributed by atoms with Crippen LogP contribution in [0.5, 0.6) is 5.75 Å². The lowest BCUT2D eigenvalue weighted by molar-refractivity contribution is 0.419. The van der Waals surface area contributed by atoms with E-state index in [2.05, 4.69) is 25.5 Å². The van der Waals surface area contributed by atoms with Crippen molar-refractivity contribution in [3.8, 4) is 28.3 Å². The Balaban J connectivity index is 1.99. The summed E-state index contributed by atoms with van der Waals surface area (Å²) in [6, 6.07) is 8.39. The van der Waals surface area contributed by atoms with Crippen molar-refractivity contribution >= 4 is 16.7 Å². The number of hydrogen-bond donors (Lipinski definition) is 1. The molecular weight excluding hydrogens is 364 g/mol. The minimum absolute atomic E-state index is 0.129. The van der Waals surface area contributed by atoms with E-state index in [1.54, 1.807) is 37.6 Å². The number of nitrogens with one attached hydrogen (secondary N) is 1. The van der Waals surface area contributed by atoms with Crippen LogP contribution in [0.1, 0.15) is 0 Å². The smallest absolute Gasteiger partial charge is 0.163 e. The molecule has 0 amide bonds. The van der Waals surface area contributed by atoms with Crippen molar-refractivity contribution in [3.63, 3.8) is 0 Å². The summed E-state index contributed by atoms with van der Waals surface area (Å²) in [5.74, 6) is 0.317. The maximum atomic E-state index is 14.3. The zero-order valence-electron chi connectivity index (χ0n) is 15.1. The van der Waals surface area contributed by atoms with Crippen molar-refractivity contribution in [2.24, 2.45) is 0 Å².